The minimum absolute atomic E-state index is 0.104. The van der Waals surface area contributed by atoms with Gasteiger partial charge in [0.1, 0.15) is 15.6 Å². The predicted octanol–water partition coefficient (Wildman–Crippen LogP) is 3.66. The Morgan fingerprint density at radius 2 is 2.11 bits per heavy atom. The van der Waals surface area contributed by atoms with Crippen LogP contribution in [0.15, 0.2) is 35.4 Å². The molecule has 1 aromatic heterocycles. The number of anilines is 1. The molecule has 0 saturated heterocycles. The second-order valence-corrected chi connectivity index (χ2v) is 9.06. The molecule has 0 bridgehead atoms. The lowest BCUT2D eigenvalue weighted by atomic mass is 10.1. The van der Waals surface area contributed by atoms with Crippen LogP contribution in [-0.4, -0.2) is 20.7 Å². The van der Waals surface area contributed by atoms with Gasteiger partial charge < -0.3 is 9.88 Å². The Bertz CT molecular complexity index is 1090. The Hall–Kier alpha value is -2.52. The van der Waals surface area contributed by atoms with E-state index in [9.17, 15) is 17.8 Å². The number of benzene rings is 1. The maximum absolute atomic E-state index is 13.4. The first-order chi connectivity index (χ1) is 13.2. The van der Waals surface area contributed by atoms with Gasteiger partial charge in [0.2, 0.25) is 0 Å². The van der Waals surface area contributed by atoms with Gasteiger partial charge in [-0.05, 0) is 24.5 Å². The van der Waals surface area contributed by atoms with E-state index in [1.54, 1.807) is 13.1 Å². The van der Waals surface area contributed by atoms with E-state index in [0.29, 0.717) is 11.5 Å². The summed E-state index contributed by atoms with van der Waals surface area (Å²) < 4.78 is 52.2. The van der Waals surface area contributed by atoms with E-state index in [0.717, 1.165) is 31.4 Å². The van der Waals surface area contributed by atoms with Crippen LogP contribution in [0.2, 0.25) is 0 Å². The molecule has 2 atom stereocenters. The van der Waals surface area contributed by atoms with E-state index >= 15 is 0 Å². The van der Waals surface area contributed by atoms with Gasteiger partial charge >= 0.3 is 0 Å². The fourth-order valence-corrected chi connectivity index (χ4v) is 4.93. The summed E-state index contributed by atoms with van der Waals surface area (Å²) in [6.45, 7) is 0. The quantitative estimate of drug-likeness (QED) is 0.724. The molecule has 2 aliphatic rings. The van der Waals surface area contributed by atoms with Crippen LogP contribution < -0.4 is 10.0 Å². The first-order valence-electron chi connectivity index (χ1n) is 8.94. The summed E-state index contributed by atoms with van der Waals surface area (Å²) in [6.07, 6.45) is 8.15. The normalized spacial score (nSPS) is 23.9. The van der Waals surface area contributed by atoms with E-state index in [-0.39, 0.29) is 22.3 Å². The maximum atomic E-state index is 13.4. The molecule has 1 aromatic carbocycles. The van der Waals surface area contributed by atoms with E-state index in [1.807, 2.05) is 6.08 Å². The number of aromatic nitrogens is 1. The van der Waals surface area contributed by atoms with Gasteiger partial charge in [-0.2, -0.15) is 0 Å². The third kappa shape index (κ3) is 3.59. The maximum Gasteiger partial charge on any atom is 0.272 e. The molecule has 1 amide bonds. The van der Waals surface area contributed by atoms with Gasteiger partial charge in [0.25, 0.3) is 5.91 Å². The monoisotopic (exact) mass is 406 g/mol. The average Bonchev–Trinajstić information content (AvgIpc) is 3.37. The number of hydrogen-bond acceptors (Lipinski definition) is 3. The fourth-order valence-electron chi connectivity index (χ4n) is 3.42. The fraction of sp³-hybridized carbons (Fsp3) is 0.316. The number of aryl methyl sites for hydroxylation is 1. The van der Waals surface area contributed by atoms with Crippen LogP contribution >= 0.6 is 0 Å². The molecular weight excluding hydrogens is 386 g/mol. The zero-order chi connectivity index (χ0) is 20.1. The van der Waals surface area contributed by atoms with Gasteiger partial charge in [-0.1, -0.05) is 25.0 Å². The number of rotatable bonds is 4. The molecule has 1 aliphatic heterocycles. The van der Waals surface area contributed by atoms with Crippen LogP contribution in [0.4, 0.5) is 14.5 Å². The SMILES string of the molecule is Cn1cc2c(c1C(=O)Nc1ccc(F)c(F)c1)C=C[C@H](CC1CC1)NS2(=N)=O. The zero-order valence-electron chi connectivity index (χ0n) is 15.2. The smallest absolute Gasteiger partial charge is 0.272 e. The van der Waals surface area contributed by atoms with Gasteiger partial charge in [-0.3, -0.25) is 4.79 Å². The molecule has 28 heavy (non-hydrogen) atoms. The number of carbonyl (C=O) groups is 1. The van der Waals surface area contributed by atoms with Crippen molar-refractivity contribution in [1.82, 2.24) is 9.29 Å². The number of carbonyl (C=O) groups excluding carboxylic acids is 1. The third-order valence-electron chi connectivity index (χ3n) is 4.98. The summed E-state index contributed by atoms with van der Waals surface area (Å²) >= 11 is 0. The zero-order valence-corrected chi connectivity index (χ0v) is 16.0. The lowest BCUT2D eigenvalue weighted by Gasteiger charge is -2.14. The predicted molar refractivity (Wildman–Crippen MR) is 102 cm³/mol. The topological polar surface area (TPSA) is 87.0 Å². The molecule has 2 aromatic rings. The molecule has 1 unspecified atom stereocenters. The Balaban J connectivity index is 1.68. The van der Waals surface area contributed by atoms with Crippen molar-refractivity contribution in [3.8, 4) is 0 Å². The van der Waals surface area contributed by atoms with Crippen molar-refractivity contribution in [3.63, 3.8) is 0 Å². The molecule has 6 nitrogen and oxygen atoms in total. The lowest BCUT2D eigenvalue weighted by Crippen LogP contribution is -2.32. The van der Waals surface area contributed by atoms with Gasteiger partial charge in [0.05, 0.1) is 4.90 Å². The first kappa shape index (κ1) is 18.8. The summed E-state index contributed by atoms with van der Waals surface area (Å²) in [5.74, 6) is -2.05. The molecule has 0 radical (unpaired) electrons. The highest BCUT2D eigenvalue weighted by molar-refractivity contribution is 7.90. The van der Waals surface area contributed by atoms with Crippen LogP contribution in [-0.2, 0) is 17.0 Å². The number of fused-ring (bicyclic) bond motifs is 1. The highest BCUT2D eigenvalue weighted by Crippen LogP contribution is 2.35. The number of hydrogen-bond donors (Lipinski definition) is 3. The van der Waals surface area contributed by atoms with Crippen molar-refractivity contribution in [1.29, 1.82) is 4.78 Å². The molecule has 1 aliphatic carbocycles. The van der Waals surface area contributed by atoms with Crippen LogP contribution in [0.5, 0.6) is 0 Å². The third-order valence-corrected chi connectivity index (χ3v) is 6.56. The molecule has 1 fully saturated rings. The summed E-state index contributed by atoms with van der Waals surface area (Å²) in [7, 11) is -1.68. The Labute approximate surface area is 161 Å². The minimum atomic E-state index is -3.29. The molecule has 2 heterocycles. The highest BCUT2D eigenvalue weighted by Gasteiger charge is 2.31. The van der Waals surface area contributed by atoms with E-state index in [2.05, 4.69) is 10.0 Å². The van der Waals surface area contributed by atoms with Gasteiger partial charge in [0.15, 0.2) is 11.6 Å². The lowest BCUT2D eigenvalue weighted by molar-refractivity contribution is 0.101. The molecular formula is C19H20F2N4O2S. The Morgan fingerprint density at radius 3 is 2.79 bits per heavy atom. The van der Waals surface area contributed by atoms with E-state index in [1.165, 1.54) is 16.8 Å². The number of amides is 1. The van der Waals surface area contributed by atoms with Crippen molar-refractivity contribution in [2.75, 3.05) is 5.32 Å². The summed E-state index contributed by atoms with van der Waals surface area (Å²) in [6, 6.07) is 2.89. The van der Waals surface area contributed by atoms with E-state index < -0.39 is 27.5 Å². The molecule has 1 saturated carbocycles. The van der Waals surface area contributed by atoms with Crippen LogP contribution in [0.25, 0.3) is 6.08 Å². The van der Waals surface area contributed by atoms with Crippen LogP contribution in [0.3, 0.4) is 0 Å². The second-order valence-electron chi connectivity index (χ2n) is 7.27. The van der Waals surface area contributed by atoms with Gasteiger partial charge in [0, 0.05) is 36.6 Å². The number of nitrogens with zero attached hydrogens (tertiary/aromatic N) is 1. The summed E-state index contributed by atoms with van der Waals surface area (Å²) in [4.78, 5) is 13.0. The summed E-state index contributed by atoms with van der Waals surface area (Å²) in [5, 5.41) is 2.53. The van der Waals surface area contributed by atoms with E-state index in [4.69, 9.17) is 4.78 Å². The van der Waals surface area contributed by atoms with Crippen molar-refractivity contribution < 1.29 is 17.8 Å². The second kappa shape index (κ2) is 6.82. The van der Waals surface area contributed by atoms with Crippen molar-refractivity contribution in [3.05, 3.63) is 53.4 Å². The van der Waals surface area contributed by atoms with Crippen molar-refractivity contribution >= 4 is 27.6 Å². The van der Waals surface area contributed by atoms with Crippen molar-refractivity contribution in [2.45, 2.75) is 30.2 Å². The Kier molecular flexibility index (Phi) is 4.59. The molecule has 148 valence electrons. The van der Waals surface area contributed by atoms with Gasteiger partial charge in [-0.25, -0.2) is 22.5 Å². The van der Waals surface area contributed by atoms with Crippen molar-refractivity contribution in [2.24, 2.45) is 13.0 Å². The van der Waals surface area contributed by atoms with Crippen LogP contribution in [0, 0.1) is 22.3 Å². The largest absolute Gasteiger partial charge is 0.345 e. The van der Waals surface area contributed by atoms with Gasteiger partial charge in [-0.15, -0.1) is 0 Å². The first-order valence-corrected chi connectivity index (χ1v) is 10.5. The van der Waals surface area contributed by atoms with Crippen LogP contribution in [0.1, 0.15) is 35.3 Å². The molecule has 9 heteroatoms. The minimum Gasteiger partial charge on any atom is -0.345 e. The number of halogens is 2. The molecule has 0 spiro atoms. The average molecular weight is 406 g/mol. The highest BCUT2D eigenvalue weighted by atomic mass is 32.2. The number of nitrogens with one attached hydrogen (secondary N) is 3. The standard InChI is InChI=1S/C19H20F2N4O2S/c1-25-10-17-14(6-4-13(8-11-2-3-11)24-28(17,22)27)18(25)19(26)23-12-5-7-15(20)16(21)9-12/h4-7,9-11,13H,2-3,8H2,1H3,(H,23,26)(H2,22,24,27)/t13-,28?/m1/s1. The Morgan fingerprint density at radius 1 is 1.36 bits per heavy atom. The molecule has 4 rings (SSSR count). The summed E-state index contributed by atoms with van der Waals surface area (Å²) in [5.41, 5.74) is 0.700. The molecule has 3 N–H and O–H groups in total.